The van der Waals surface area contributed by atoms with Crippen LogP contribution in [0.4, 0.5) is 27.4 Å². The van der Waals surface area contributed by atoms with Gasteiger partial charge in [0.15, 0.2) is 11.6 Å². The molecule has 0 aliphatic carbocycles. The van der Waals surface area contributed by atoms with Crippen molar-refractivity contribution in [3.8, 4) is 0 Å². The largest absolute Gasteiger partial charge is 0.393 e. The predicted molar refractivity (Wildman–Crippen MR) is 132 cm³/mol. The summed E-state index contributed by atoms with van der Waals surface area (Å²) in [6.07, 6.45) is 5.06. The third-order valence-electron chi connectivity index (χ3n) is 6.89. The van der Waals surface area contributed by atoms with Crippen LogP contribution in [0.5, 0.6) is 0 Å². The number of halogens is 1. The number of nitrogens with two attached hydrogens (primary N) is 1. The predicted octanol–water partition coefficient (Wildman–Crippen LogP) is 3.98. The summed E-state index contributed by atoms with van der Waals surface area (Å²) < 4.78 is 13.2. The lowest BCUT2D eigenvalue weighted by atomic mass is 9.90. The van der Waals surface area contributed by atoms with Gasteiger partial charge >= 0.3 is 0 Å². The monoisotopic (exact) mass is 446 g/mol. The molecule has 0 radical (unpaired) electrons. The lowest BCUT2D eigenvalue weighted by molar-refractivity contribution is 0.402. The van der Waals surface area contributed by atoms with Gasteiger partial charge in [0.05, 0.1) is 0 Å². The van der Waals surface area contributed by atoms with Gasteiger partial charge in [-0.05, 0) is 55.0 Å². The highest BCUT2D eigenvalue weighted by molar-refractivity contribution is 5.76. The highest BCUT2D eigenvalue weighted by Crippen LogP contribution is 2.33. The normalized spacial score (nSPS) is 17.4. The maximum atomic E-state index is 13.2. The molecule has 2 N–H and O–H groups in total. The van der Waals surface area contributed by atoms with Gasteiger partial charge in [-0.2, -0.15) is 0 Å². The maximum Gasteiger partial charge on any atom is 0.157 e. The molecule has 2 aliphatic heterocycles. The molecule has 0 amide bonds. The van der Waals surface area contributed by atoms with E-state index >= 15 is 0 Å². The molecule has 3 heterocycles. The third kappa shape index (κ3) is 4.87. The Balaban J connectivity index is 1.20. The van der Waals surface area contributed by atoms with Crippen LogP contribution < -0.4 is 20.4 Å². The lowest BCUT2D eigenvalue weighted by Gasteiger charge is -2.38. The molecule has 3 aromatic rings. The number of aromatic nitrogens is 2. The third-order valence-corrected chi connectivity index (χ3v) is 6.89. The van der Waals surface area contributed by atoms with Crippen molar-refractivity contribution in [2.24, 2.45) is 5.92 Å². The summed E-state index contributed by atoms with van der Waals surface area (Å²) >= 11 is 0. The van der Waals surface area contributed by atoms with E-state index in [0.717, 1.165) is 75.9 Å². The standard InChI is InChI=1S/C26H31FN6/c27-22-6-8-23(9-7-22)31-14-16-33(17-15-31)26-24(28)25(29-19-30-26)32-12-10-21(11-13-32)18-20-4-2-1-3-5-20/h1-9,19,21H,10-18,28H2. The van der Waals surface area contributed by atoms with Crippen molar-refractivity contribution in [1.82, 2.24) is 9.97 Å². The lowest BCUT2D eigenvalue weighted by Crippen LogP contribution is -2.47. The Morgan fingerprint density at radius 1 is 0.758 bits per heavy atom. The minimum Gasteiger partial charge on any atom is -0.393 e. The number of nitrogens with zero attached hydrogens (tertiary/aromatic N) is 5. The molecule has 0 saturated carbocycles. The Morgan fingerprint density at radius 3 is 1.97 bits per heavy atom. The SMILES string of the molecule is Nc1c(N2CCC(Cc3ccccc3)CC2)ncnc1N1CCN(c2ccc(F)cc2)CC1. The Bertz CT molecular complexity index is 1040. The first-order chi connectivity index (χ1) is 16.2. The van der Waals surface area contributed by atoms with Crippen molar-refractivity contribution in [2.75, 3.05) is 59.7 Å². The average Bonchev–Trinajstić information content (AvgIpc) is 2.86. The van der Waals surface area contributed by atoms with Crippen LogP contribution >= 0.6 is 0 Å². The van der Waals surface area contributed by atoms with Gasteiger partial charge in [-0.25, -0.2) is 14.4 Å². The molecule has 2 aromatic carbocycles. The molecule has 1 aromatic heterocycles. The van der Waals surface area contributed by atoms with Crippen molar-refractivity contribution in [3.63, 3.8) is 0 Å². The molecule has 33 heavy (non-hydrogen) atoms. The highest BCUT2D eigenvalue weighted by Gasteiger charge is 2.26. The summed E-state index contributed by atoms with van der Waals surface area (Å²) in [4.78, 5) is 15.9. The Morgan fingerprint density at radius 2 is 1.33 bits per heavy atom. The minimum atomic E-state index is -0.206. The molecule has 6 nitrogen and oxygen atoms in total. The fourth-order valence-corrected chi connectivity index (χ4v) is 5.01. The van der Waals surface area contributed by atoms with E-state index in [1.807, 2.05) is 12.1 Å². The number of rotatable bonds is 5. The molecular formula is C26H31FN6. The zero-order valence-electron chi connectivity index (χ0n) is 18.9. The number of benzene rings is 2. The van der Waals surface area contributed by atoms with Gasteiger partial charge in [0.25, 0.3) is 0 Å². The van der Waals surface area contributed by atoms with E-state index in [1.165, 1.54) is 17.7 Å². The summed E-state index contributed by atoms with van der Waals surface area (Å²) in [5, 5.41) is 0. The van der Waals surface area contributed by atoms with Crippen LogP contribution in [0.15, 0.2) is 60.9 Å². The maximum absolute atomic E-state index is 13.2. The number of nitrogen functional groups attached to an aromatic ring is 1. The van der Waals surface area contributed by atoms with Gasteiger partial charge in [0.1, 0.15) is 17.8 Å². The second-order valence-corrected chi connectivity index (χ2v) is 9.01. The van der Waals surface area contributed by atoms with Crippen molar-refractivity contribution in [1.29, 1.82) is 0 Å². The molecule has 5 rings (SSSR count). The molecule has 0 atom stereocenters. The number of anilines is 4. The molecule has 2 fully saturated rings. The van der Waals surface area contributed by atoms with Gasteiger partial charge in [-0.3, -0.25) is 0 Å². The zero-order chi connectivity index (χ0) is 22.6. The first kappa shape index (κ1) is 21.5. The highest BCUT2D eigenvalue weighted by atomic mass is 19.1. The summed E-state index contributed by atoms with van der Waals surface area (Å²) in [5.74, 6) is 2.18. The van der Waals surface area contributed by atoms with Gasteiger partial charge in [-0.15, -0.1) is 0 Å². The molecule has 0 spiro atoms. The summed E-state index contributed by atoms with van der Waals surface area (Å²) in [6.45, 7) is 5.26. The van der Waals surface area contributed by atoms with Crippen LogP contribution in [0.1, 0.15) is 18.4 Å². The van der Waals surface area contributed by atoms with Crippen LogP contribution in [0.2, 0.25) is 0 Å². The van der Waals surface area contributed by atoms with Gasteiger partial charge < -0.3 is 20.4 Å². The number of piperazine rings is 1. The second-order valence-electron chi connectivity index (χ2n) is 9.01. The van der Waals surface area contributed by atoms with E-state index in [4.69, 9.17) is 5.73 Å². The van der Waals surface area contributed by atoms with E-state index in [0.29, 0.717) is 11.6 Å². The molecular weight excluding hydrogens is 415 g/mol. The second kappa shape index (κ2) is 9.65. The van der Waals surface area contributed by atoms with E-state index < -0.39 is 0 Å². The zero-order valence-corrected chi connectivity index (χ0v) is 18.9. The van der Waals surface area contributed by atoms with Crippen LogP contribution in [0.3, 0.4) is 0 Å². The smallest absolute Gasteiger partial charge is 0.157 e. The van der Waals surface area contributed by atoms with Gasteiger partial charge in [0.2, 0.25) is 0 Å². The van der Waals surface area contributed by atoms with Crippen molar-refractivity contribution >= 4 is 23.0 Å². The van der Waals surface area contributed by atoms with E-state index in [-0.39, 0.29) is 5.82 Å². The summed E-state index contributed by atoms with van der Waals surface area (Å²) in [6, 6.07) is 17.4. The van der Waals surface area contributed by atoms with Crippen LogP contribution in [0, 0.1) is 11.7 Å². The van der Waals surface area contributed by atoms with Crippen LogP contribution in [-0.4, -0.2) is 49.2 Å². The van der Waals surface area contributed by atoms with E-state index in [9.17, 15) is 4.39 Å². The first-order valence-electron chi connectivity index (χ1n) is 11.8. The number of hydrogen-bond donors (Lipinski definition) is 1. The molecule has 172 valence electrons. The molecule has 2 aliphatic rings. The van der Waals surface area contributed by atoms with E-state index in [1.54, 1.807) is 6.33 Å². The molecule has 0 bridgehead atoms. The first-order valence-corrected chi connectivity index (χ1v) is 11.8. The molecule has 0 unspecified atom stereocenters. The van der Waals surface area contributed by atoms with E-state index in [2.05, 4.69) is 55.0 Å². The fraction of sp³-hybridized carbons (Fsp3) is 0.385. The number of piperidine rings is 1. The van der Waals surface area contributed by atoms with Crippen molar-refractivity contribution < 1.29 is 4.39 Å². The fourth-order valence-electron chi connectivity index (χ4n) is 5.01. The van der Waals surface area contributed by atoms with Gasteiger partial charge in [0, 0.05) is 45.0 Å². The molecule has 7 heteroatoms. The van der Waals surface area contributed by atoms with Crippen molar-refractivity contribution in [3.05, 3.63) is 72.3 Å². The summed E-state index contributed by atoms with van der Waals surface area (Å²) in [7, 11) is 0. The minimum absolute atomic E-state index is 0.206. The van der Waals surface area contributed by atoms with Crippen LogP contribution in [-0.2, 0) is 6.42 Å². The summed E-state index contributed by atoms with van der Waals surface area (Å²) in [5.41, 5.74) is 9.74. The Hall–Kier alpha value is -3.35. The molecule has 2 saturated heterocycles. The number of hydrogen-bond acceptors (Lipinski definition) is 6. The van der Waals surface area contributed by atoms with Gasteiger partial charge in [-0.1, -0.05) is 30.3 Å². The Kier molecular flexibility index (Phi) is 6.28. The Labute approximate surface area is 194 Å². The topological polar surface area (TPSA) is 61.5 Å². The average molecular weight is 447 g/mol. The van der Waals surface area contributed by atoms with Crippen molar-refractivity contribution in [2.45, 2.75) is 19.3 Å². The van der Waals surface area contributed by atoms with Crippen LogP contribution in [0.25, 0.3) is 0 Å². The quantitative estimate of drug-likeness (QED) is 0.640.